The SMILES string of the molecule is CN(C)CCN1C(=O)c2cc(Cl)c3c4c(Cl)cc5c6c(cc(Cl)c(c7c(Cl)cc(c2c37)C1=O)c64)C(=O)N(CCN(C)C)C5=O. The smallest absolute Gasteiger partial charge is 0.261 e. The number of halogens is 4. The molecule has 0 fully saturated rings. The van der Waals surface area contributed by atoms with E-state index in [1.54, 1.807) is 24.3 Å². The first-order valence-electron chi connectivity index (χ1n) is 13.8. The Kier molecular flexibility index (Phi) is 6.79. The molecular weight excluding hydrogens is 646 g/mol. The molecule has 0 spiro atoms. The quantitative estimate of drug-likeness (QED) is 0.114. The number of rotatable bonds is 6. The number of benzene rings is 5. The third kappa shape index (κ3) is 3.92. The fourth-order valence-corrected chi connectivity index (χ4v) is 7.76. The van der Waals surface area contributed by atoms with Crippen molar-refractivity contribution in [3.05, 3.63) is 66.6 Å². The molecule has 224 valence electrons. The van der Waals surface area contributed by atoms with Gasteiger partial charge in [0.25, 0.3) is 23.6 Å². The first-order valence-corrected chi connectivity index (χ1v) is 15.3. The molecule has 2 aliphatic heterocycles. The molecule has 12 heteroatoms. The minimum atomic E-state index is -0.465. The van der Waals surface area contributed by atoms with Crippen LogP contribution in [0.15, 0.2) is 24.3 Å². The Morgan fingerprint density at radius 2 is 0.705 bits per heavy atom. The molecule has 0 bridgehead atoms. The highest BCUT2D eigenvalue weighted by atomic mass is 35.5. The second kappa shape index (κ2) is 10.1. The lowest BCUT2D eigenvalue weighted by molar-refractivity contribution is 0.0585. The minimum absolute atomic E-state index is 0.184. The molecule has 0 radical (unpaired) electrons. The third-order valence-corrected chi connectivity index (χ3v) is 9.75. The molecule has 0 N–H and O–H groups in total. The molecule has 0 aliphatic carbocycles. The minimum Gasteiger partial charge on any atom is -0.308 e. The Hall–Kier alpha value is -3.24. The zero-order valence-electron chi connectivity index (χ0n) is 24.1. The summed E-state index contributed by atoms with van der Waals surface area (Å²) in [5.74, 6) is -1.86. The van der Waals surface area contributed by atoms with Crippen LogP contribution in [0.4, 0.5) is 0 Å². The zero-order chi connectivity index (χ0) is 31.5. The van der Waals surface area contributed by atoms with Crippen LogP contribution in [0.25, 0.3) is 43.1 Å². The Morgan fingerprint density at radius 1 is 0.455 bits per heavy atom. The topological polar surface area (TPSA) is 81.2 Å². The van der Waals surface area contributed by atoms with Crippen molar-refractivity contribution in [2.24, 2.45) is 0 Å². The summed E-state index contributed by atoms with van der Waals surface area (Å²) in [5, 5.41) is 4.44. The molecule has 2 heterocycles. The maximum atomic E-state index is 13.8. The number of fused-ring (bicyclic) bond motifs is 2. The maximum Gasteiger partial charge on any atom is 0.261 e. The van der Waals surface area contributed by atoms with Crippen LogP contribution in [0, 0.1) is 0 Å². The van der Waals surface area contributed by atoms with E-state index in [-0.39, 0.29) is 55.4 Å². The summed E-state index contributed by atoms with van der Waals surface area (Å²) >= 11 is 28.0. The van der Waals surface area contributed by atoms with E-state index < -0.39 is 23.6 Å². The van der Waals surface area contributed by atoms with Gasteiger partial charge in [-0.25, -0.2) is 0 Å². The van der Waals surface area contributed by atoms with Gasteiger partial charge in [0.2, 0.25) is 0 Å². The van der Waals surface area contributed by atoms with Gasteiger partial charge in [0.15, 0.2) is 0 Å². The van der Waals surface area contributed by atoms with Gasteiger partial charge in [0.05, 0.1) is 22.3 Å². The summed E-state index contributed by atoms with van der Waals surface area (Å²) < 4.78 is 0. The molecule has 0 aromatic heterocycles. The fraction of sp³-hybridized carbons (Fsp3) is 0.250. The second-order valence-electron chi connectivity index (χ2n) is 11.8. The number of carbonyl (C=O) groups is 4. The summed E-state index contributed by atoms with van der Waals surface area (Å²) in [6.45, 7) is 1.32. The number of carbonyl (C=O) groups excluding carboxylic acids is 4. The van der Waals surface area contributed by atoms with Crippen molar-refractivity contribution in [3.63, 3.8) is 0 Å². The predicted molar refractivity (Wildman–Crippen MR) is 176 cm³/mol. The summed E-state index contributed by atoms with van der Waals surface area (Å²) in [7, 11) is 7.43. The van der Waals surface area contributed by atoms with Crippen molar-refractivity contribution in [1.82, 2.24) is 19.6 Å². The van der Waals surface area contributed by atoms with Crippen LogP contribution in [-0.4, -0.2) is 97.6 Å². The highest BCUT2D eigenvalue weighted by Gasteiger charge is 2.39. The van der Waals surface area contributed by atoms with Crippen LogP contribution in [0.5, 0.6) is 0 Å². The molecule has 0 saturated carbocycles. The largest absolute Gasteiger partial charge is 0.308 e. The van der Waals surface area contributed by atoms with Crippen molar-refractivity contribution >= 4 is 113 Å². The summed E-state index contributed by atoms with van der Waals surface area (Å²) in [6, 6.07) is 6.20. The van der Waals surface area contributed by atoms with Gasteiger partial charge in [-0.15, -0.1) is 0 Å². The number of nitrogens with zero attached hydrogens (tertiary/aromatic N) is 4. The molecule has 0 unspecified atom stereocenters. The lowest BCUT2D eigenvalue weighted by Gasteiger charge is -2.32. The fourth-order valence-electron chi connectivity index (χ4n) is 6.57. The van der Waals surface area contributed by atoms with Crippen molar-refractivity contribution in [1.29, 1.82) is 0 Å². The van der Waals surface area contributed by atoms with Crippen LogP contribution >= 0.6 is 46.4 Å². The van der Waals surface area contributed by atoms with Crippen molar-refractivity contribution in [3.8, 4) is 0 Å². The highest BCUT2D eigenvalue weighted by molar-refractivity contribution is 6.56. The monoisotopic (exact) mass is 668 g/mol. The zero-order valence-corrected chi connectivity index (χ0v) is 27.1. The Labute approximate surface area is 271 Å². The maximum absolute atomic E-state index is 13.8. The van der Waals surface area contributed by atoms with E-state index >= 15 is 0 Å². The predicted octanol–water partition coefficient (Wildman–Crippen LogP) is 6.67. The first-order chi connectivity index (χ1) is 20.8. The van der Waals surface area contributed by atoms with E-state index in [2.05, 4.69) is 0 Å². The molecule has 5 aromatic carbocycles. The number of amides is 4. The van der Waals surface area contributed by atoms with Gasteiger partial charge >= 0.3 is 0 Å². The molecule has 0 saturated heterocycles. The van der Waals surface area contributed by atoms with Crippen LogP contribution in [0.2, 0.25) is 20.1 Å². The van der Waals surface area contributed by atoms with Crippen LogP contribution in [0.1, 0.15) is 41.4 Å². The van der Waals surface area contributed by atoms with Gasteiger partial charge in [0.1, 0.15) is 0 Å². The van der Waals surface area contributed by atoms with Gasteiger partial charge < -0.3 is 9.80 Å². The molecule has 4 amide bonds. The first kappa shape index (κ1) is 29.5. The van der Waals surface area contributed by atoms with Crippen molar-refractivity contribution in [2.75, 3.05) is 54.4 Å². The summed E-state index contributed by atoms with van der Waals surface area (Å²) in [5.41, 5.74) is 1.07. The second-order valence-corrected chi connectivity index (χ2v) is 13.4. The Morgan fingerprint density at radius 3 is 0.932 bits per heavy atom. The Balaban J connectivity index is 1.62. The molecule has 8 nitrogen and oxygen atoms in total. The lowest BCUT2D eigenvalue weighted by atomic mass is 9.82. The van der Waals surface area contributed by atoms with Crippen molar-refractivity contribution < 1.29 is 19.2 Å². The number of hydrogen-bond donors (Lipinski definition) is 0. The van der Waals surface area contributed by atoms with Crippen LogP contribution < -0.4 is 0 Å². The van der Waals surface area contributed by atoms with Gasteiger partial charge in [-0.1, -0.05) is 46.4 Å². The van der Waals surface area contributed by atoms with E-state index in [1.807, 2.05) is 38.0 Å². The third-order valence-electron chi connectivity index (χ3n) is 8.56. The van der Waals surface area contributed by atoms with E-state index in [0.29, 0.717) is 56.2 Å². The number of hydrogen-bond acceptors (Lipinski definition) is 6. The Bertz CT molecular complexity index is 1890. The van der Waals surface area contributed by atoms with Gasteiger partial charge in [-0.05, 0) is 52.5 Å². The molecule has 7 rings (SSSR count). The van der Waals surface area contributed by atoms with Gasteiger partial charge in [0, 0.05) is 89.4 Å². The standard InChI is InChI=1S/C32H24Cl4N4O4/c1-37(2)5-7-39-29(41)13-9-17(33)23-25-19(35)11-15-22-16(32(44)40(31(15)43)8-6-38(3)4)12-20(36)26(28(22)25)24-18(34)10-14(30(39)42)21(13)27(23)24/h9-12H,5-8H2,1-4H3. The van der Waals surface area contributed by atoms with Crippen LogP contribution in [0.3, 0.4) is 0 Å². The van der Waals surface area contributed by atoms with E-state index in [1.165, 1.54) is 9.80 Å². The molecule has 5 aromatic rings. The van der Waals surface area contributed by atoms with Gasteiger partial charge in [-0.3, -0.25) is 29.0 Å². The molecular formula is C32H24Cl4N4O4. The average molecular weight is 670 g/mol. The van der Waals surface area contributed by atoms with Crippen molar-refractivity contribution in [2.45, 2.75) is 0 Å². The number of imide groups is 2. The molecule has 44 heavy (non-hydrogen) atoms. The summed E-state index contributed by atoms with van der Waals surface area (Å²) in [4.78, 5) is 61.2. The van der Waals surface area contributed by atoms with E-state index in [9.17, 15) is 19.2 Å². The highest BCUT2D eigenvalue weighted by Crippen LogP contribution is 2.53. The van der Waals surface area contributed by atoms with E-state index in [0.717, 1.165) is 0 Å². The summed E-state index contributed by atoms with van der Waals surface area (Å²) in [6.07, 6.45) is 0. The van der Waals surface area contributed by atoms with Gasteiger partial charge in [-0.2, -0.15) is 0 Å². The van der Waals surface area contributed by atoms with E-state index in [4.69, 9.17) is 46.4 Å². The average Bonchev–Trinajstić information content (AvgIpc) is 2.95. The number of likely N-dealkylation sites (N-methyl/N-ethyl adjacent to an activating group) is 2. The normalized spacial score (nSPS) is 15.2. The molecule has 0 atom stereocenters. The lowest BCUT2D eigenvalue weighted by Crippen LogP contribution is -2.43. The van der Waals surface area contributed by atoms with Crippen LogP contribution in [-0.2, 0) is 0 Å². The molecule has 2 aliphatic rings.